The van der Waals surface area contributed by atoms with Crippen LogP contribution in [-0.4, -0.2) is 12.9 Å². The standard InChI is InChI=1S/C12H16N2/c1-4-12(2,11(13)14-3)10-8-6-5-7-9-10/h4-9H,1H2,2-3H3,(H2,13,14). The number of nitrogens with zero attached hydrogens (tertiary/aromatic N) is 1. The summed E-state index contributed by atoms with van der Waals surface area (Å²) in [6, 6.07) is 10.0. The van der Waals surface area contributed by atoms with Gasteiger partial charge >= 0.3 is 0 Å². The molecule has 0 aliphatic carbocycles. The molecule has 0 aliphatic heterocycles. The summed E-state index contributed by atoms with van der Waals surface area (Å²) in [5.74, 6) is 0.582. The number of amidine groups is 1. The van der Waals surface area contributed by atoms with Crippen LogP contribution < -0.4 is 5.73 Å². The molecule has 1 aromatic rings. The molecule has 0 aromatic heterocycles. The van der Waals surface area contributed by atoms with Crippen LogP contribution in [0.2, 0.25) is 0 Å². The van der Waals surface area contributed by atoms with Crippen LogP contribution in [0.4, 0.5) is 0 Å². The zero-order valence-electron chi connectivity index (χ0n) is 8.70. The van der Waals surface area contributed by atoms with Crippen LogP contribution in [0.3, 0.4) is 0 Å². The minimum absolute atomic E-state index is 0.365. The highest BCUT2D eigenvalue weighted by molar-refractivity contribution is 5.93. The number of aliphatic imine (C=N–C) groups is 1. The van der Waals surface area contributed by atoms with Crippen molar-refractivity contribution in [3.63, 3.8) is 0 Å². The van der Waals surface area contributed by atoms with E-state index in [-0.39, 0.29) is 5.41 Å². The van der Waals surface area contributed by atoms with Gasteiger partial charge in [-0.15, -0.1) is 6.58 Å². The van der Waals surface area contributed by atoms with E-state index in [9.17, 15) is 0 Å². The Balaban J connectivity index is 3.22. The molecule has 1 atom stereocenters. The Morgan fingerprint density at radius 3 is 2.43 bits per heavy atom. The molecule has 0 saturated carbocycles. The Labute approximate surface area is 85.2 Å². The second-order valence-electron chi connectivity index (χ2n) is 3.38. The van der Waals surface area contributed by atoms with Gasteiger partial charge in [-0.25, -0.2) is 0 Å². The number of hydrogen-bond acceptors (Lipinski definition) is 1. The average Bonchev–Trinajstić information content (AvgIpc) is 2.28. The molecule has 2 nitrogen and oxygen atoms in total. The molecule has 1 rings (SSSR count). The first kappa shape index (κ1) is 10.5. The highest BCUT2D eigenvalue weighted by Crippen LogP contribution is 2.24. The Morgan fingerprint density at radius 1 is 1.43 bits per heavy atom. The van der Waals surface area contributed by atoms with E-state index in [2.05, 4.69) is 11.6 Å². The minimum Gasteiger partial charge on any atom is -0.386 e. The van der Waals surface area contributed by atoms with Crippen molar-refractivity contribution < 1.29 is 0 Å². The van der Waals surface area contributed by atoms with Gasteiger partial charge in [0.15, 0.2) is 0 Å². The van der Waals surface area contributed by atoms with Crippen molar-refractivity contribution in [3.8, 4) is 0 Å². The zero-order valence-corrected chi connectivity index (χ0v) is 8.70. The van der Waals surface area contributed by atoms with Crippen molar-refractivity contribution in [2.75, 3.05) is 7.05 Å². The maximum Gasteiger partial charge on any atom is 0.108 e. The van der Waals surface area contributed by atoms with Crippen molar-refractivity contribution in [2.24, 2.45) is 10.7 Å². The molecule has 0 heterocycles. The van der Waals surface area contributed by atoms with E-state index < -0.39 is 0 Å². The third-order valence-corrected chi connectivity index (χ3v) is 2.55. The Morgan fingerprint density at radius 2 is 2.00 bits per heavy atom. The third-order valence-electron chi connectivity index (χ3n) is 2.55. The number of hydrogen-bond donors (Lipinski definition) is 1. The van der Waals surface area contributed by atoms with Crippen molar-refractivity contribution in [2.45, 2.75) is 12.3 Å². The summed E-state index contributed by atoms with van der Waals surface area (Å²) in [7, 11) is 1.69. The number of rotatable bonds is 3. The molecule has 0 aliphatic rings. The molecule has 14 heavy (non-hydrogen) atoms. The van der Waals surface area contributed by atoms with Crippen LogP contribution >= 0.6 is 0 Å². The lowest BCUT2D eigenvalue weighted by atomic mass is 9.81. The second kappa shape index (κ2) is 4.09. The highest BCUT2D eigenvalue weighted by atomic mass is 14.8. The molecule has 0 amide bonds. The summed E-state index contributed by atoms with van der Waals surface area (Å²) in [5, 5.41) is 0. The Kier molecular flexibility index (Phi) is 3.07. The molecule has 74 valence electrons. The van der Waals surface area contributed by atoms with Gasteiger partial charge in [0.25, 0.3) is 0 Å². The summed E-state index contributed by atoms with van der Waals surface area (Å²) < 4.78 is 0. The lowest BCUT2D eigenvalue weighted by Crippen LogP contribution is -2.36. The summed E-state index contributed by atoms with van der Waals surface area (Å²) >= 11 is 0. The van der Waals surface area contributed by atoms with E-state index in [1.807, 2.05) is 43.3 Å². The first-order valence-corrected chi connectivity index (χ1v) is 4.57. The predicted molar refractivity (Wildman–Crippen MR) is 61.5 cm³/mol. The van der Waals surface area contributed by atoms with E-state index in [1.54, 1.807) is 7.05 Å². The fourth-order valence-corrected chi connectivity index (χ4v) is 1.39. The summed E-state index contributed by atoms with van der Waals surface area (Å²) in [4.78, 5) is 4.03. The van der Waals surface area contributed by atoms with Crippen LogP contribution in [0.5, 0.6) is 0 Å². The van der Waals surface area contributed by atoms with Crippen molar-refractivity contribution in [1.29, 1.82) is 0 Å². The summed E-state index contributed by atoms with van der Waals surface area (Å²) in [6.07, 6.45) is 1.82. The summed E-state index contributed by atoms with van der Waals surface area (Å²) in [6.45, 7) is 5.83. The van der Waals surface area contributed by atoms with Crippen LogP contribution in [-0.2, 0) is 5.41 Å². The van der Waals surface area contributed by atoms with Gasteiger partial charge in [-0.05, 0) is 12.5 Å². The fraction of sp³-hybridized carbons (Fsp3) is 0.250. The number of nitrogens with two attached hydrogens (primary N) is 1. The van der Waals surface area contributed by atoms with E-state index in [4.69, 9.17) is 5.73 Å². The van der Waals surface area contributed by atoms with Crippen molar-refractivity contribution >= 4 is 5.84 Å². The third kappa shape index (κ3) is 1.69. The first-order chi connectivity index (χ1) is 6.65. The van der Waals surface area contributed by atoms with Gasteiger partial charge in [-0.2, -0.15) is 0 Å². The van der Waals surface area contributed by atoms with Crippen LogP contribution in [0.1, 0.15) is 12.5 Å². The molecule has 0 radical (unpaired) electrons. The lowest BCUT2D eigenvalue weighted by molar-refractivity contribution is 0.798. The molecule has 1 unspecified atom stereocenters. The van der Waals surface area contributed by atoms with Gasteiger partial charge in [0.05, 0.1) is 5.41 Å². The SMILES string of the molecule is C=CC(C)(C(N)=NC)c1ccccc1. The fourth-order valence-electron chi connectivity index (χ4n) is 1.39. The molecule has 0 fully saturated rings. The quantitative estimate of drug-likeness (QED) is 0.440. The molecular weight excluding hydrogens is 172 g/mol. The predicted octanol–water partition coefficient (Wildman–Crippen LogP) is 2.12. The second-order valence-corrected chi connectivity index (χ2v) is 3.38. The van der Waals surface area contributed by atoms with Crippen LogP contribution in [0.25, 0.3) is 0 Å². The smallest absolute Gasteiger partial charge is 0.108 e. The van der Waals surface area contributed by atoms with Gasteiger partial charge in [0, 0.05) is 7.05 Å². The molecule has 0 bridgehead atoms. The maximum absolute atomic E-state index is 5.87. The van der Waals surface area contributed by atoms with E-state index >= 15 is 0 Å². The lowest BCUT2D eigenvalue weighted by Gasteiger charge is -2.25. The molecule has 1 aromatic carbocycles. The molecular formula is C12H16N2. The minimum atomic E-state index is -0.365. The Bertz CT molecular complexity index is 341. The molecule has 2 N–H and O–H groups in total. The molecule has 2 heteroatoms. The summed E-state index contributed by atoms with van der Waals surface area (Å²) in [5.41, 5.74) is 6.62. The van der Waals surface area contributed by atoms with Crippen LogP contribution in [0.15, 0.2) is 48.0 Å². The van der Waals surface area contributed by atoms with Gasteiger partial charge in [-0.3, -0.25) is 4.99 Å². The van der Waals surface area contributed by atoms with Crippen LogP contribution in [0, 0.1) is 0 Å². The highest BCUT2D eigenvalue weighted by Gasteiger charge is 2.26. The molecule has 0 spiro atoms. The molecule has 0 saturated heterocycles. The normalized spacial score (nSPS) is 16.0. The van der Waals surface area contributed by atoms with Gasteiger partial charge < -0.3 is 5.73 Å². The van der Waals surface area contributed by atoms with Crippen molar-refractivity contribution in [3.05, 3.63) is 48.6 Å². The van der Waals surface area contributed by atoms with Gasteiger partial charge in [0.2, 0.25) is 0 Å². The average molecular weight is 188 g/mol. The first-order valence-electron chi connectivity index (χ1n) is 4.57. The maximum atomic E-state index is 5.87. The Hall–Kier alpha value is -1.57. The van der Waals surface area contributed by atoms with E-state index in [0.29, 0.717) is 5.84 Å². The van der Waals surface area contributed by atoms with Gasteiger partial charge in [0.1, 0.15) is 5.84 Å². The van der Waals surface area contributed by atoms with E-state index in [1.165, 1.54) is 0 Å². The topological polar surface area (TPSA) is 38.4 Å². The number of benzene rings is 1. The largest absolute Gasteiger partial charge is 0.386 e. The zero-order chi connectivity index (χ0) is 10.6. The van der Waals surface area contributed by atoms with Crippen molar-refractivity contribution in [1.82, 2.24) is 0 Å². The monoisotopic (exact) mass is 188 g/mol. The van der Waals surface area contributed by atoms with Gasteiger partial charge in [-0.1, -0.05) is 36.4 Å². The van der Waals surface area contributed by atoms with E-state index in [0.717, 1.165) is 5.56 Å².